The first-order valence-corrected chi connectivity index (χ1v) is 5.29. The van der Waals surface area contributed by atoms with Gasteiger partial charge in [-0.05, 0) is 40.3 Å². The van der Waals surface area contributed by atoms with Gasteiger partial charge in [0.05, 0.1) is 18.2 Å². The van der Waals surface area contributed by atoms with E-state index < -0.39 is 5.97 Å². The van der Waals surface area contributed by atoms with E-state index in [2.05, 4.69) is 26.6 Å². The lowest BCUT2D eigenvalue weighted by molar-refractivity contribution is -0.303. The lowest BCUT2D eigenvalue weighted by atomic mass is 10.3. The first-order chi connectivity index (χ1) is 7.09. The van der Waals surface area contributed by atoms with Crippen LogP contribution in [0, 0.1) is 0 Å². The Morgan fingerprint density at radius 3 is 2.73 bits per heavy atom. The molecule has 0 aromatic heterocycles. The molecule has 0 spiro atoms. The molecule has 0 fully saturated rings. The zero-order valence-electron chi connectivity index (χ0n) is 7.62. The molecular formula is C9H8BrN2O2S-. The van der Waals surface area contributed by atoms with Crippen molar-refractivity contribution in [3.8, 4) is 0 Å². The summed E-state index contributed by atoms with van der Waals surface area (Å²) in [6.07, 6.45) is 0. The quantitative estimate of drug-likeness (QED) is 0.792. The molecule has 1 aromatic rings. The van der Waals surface area contributed by atoms with Crippen LogP contribution >= 0.6 is 28.1 Å². The highest BCUT2D eigenvalue weighted by Crippen LogP contribution is 2.20. The van der Waals surface area contributed by atoms with Gasteiger partial charge in [0.25, 0.3) is 0 Å². The van der Waals surface area contributed by atoms with Crippen LogP contribution in [0.15, 0.2) is 28.7 Å². The second kappa shape index (κ2) is 5.67. The molecular weight excluding hydrogens is 280 g/mol. The number of nitrogens with one attached hydrogen (secondary N) is 2. The molecule has 0 aliphatic heterocycles. The Morgan fingerprint density at radius 1 is 1.47 bits per heavy atom. The molecule has 15 heavy (non-hydrogen) atoms. The smallest absolute Gasteiger partial charge is 0.171 e. The normalized spacial score (nSPS) is 9.40. The number of hydrogen-bond acceptors (Lipinski definition) is 3. The third-order valence-electron chi connectivity index (χ3n) is 1.52. The standard InChI is InChI=1S/C9H9BrN2O2S/c10-6-3-1-2-4-7(6)12-9(15)11-5-8(13)14/h1-4H,5H2,(H,13,14)(H2,11,12,15)/p-1. The Labute approximate surface area is 101 Å². The number of carbonyl (C=O) groups is 1. The topological polar surface area (TPSA) is 64.2 Å². The maximum atomic E-state index is 10.2. The summed E-state index contributed by atoms with van der Waals surface area (Å²) in [4.78, 5) is 10.2. The third-order valence-corrected chi connectivity index (χ3v) is 2.45. The van der Waals surface area contributed by atoms with E-state index in [1.165, 1.54) is 0 Å². The molecule has 0 atom stereocenters. The van der Waals surface area contributed by atoms with Crippen molar-refractivity contribution >= 4 is 44.9 Å². The van der Waals surface area contributed by atoms with Gasteiger partial charge in [0.2, 0.25) is 0 Å². The number of benzene rings is 1. The summed E-state index contributed by atoms with van der Waals surface area (Å²) in [6, 6.07) is 7.38. The third kappa shape index (κ3) is 4.26. The van der Waals surface area contributed by atoms with Gasteiger partial charge in [-0.1, -0.05) is 12.1 Å². The number of carbonyl (C=O) groups excluding carboxylic acids is 1. The Balaban J connectivity index is 2.52. The number of carboxylic acids is 1. The van der Waals surface area contributed by atoms with Crippen molar-refractivity contribution in [2.45, 2.75) is 0 Å². The Kier molecular flexibility index (Phi) is 4.51. The van der Waals surface area contributed by atoms with Gasteiger partial charge >= 0.3 is 0 Å². The van der Waals surface area contributed by atoms with Gasteiger partial charge in [-0.25, -0.2) is 0 Å². The van der Waals surface area contributed by atoms with Crippen LogP contribution in [0.1, 0.15) is 0 Å². The zero-order chi connectivity index (χ0) is 11.3. The molecule has 2 N–H and O–H groups in total. The van der Waals surface area contributed by atoms with Crippen molar-refractivity contribution < 1.29 is 9.90 Å². The number of halogens is 1. The van der Waals surface area contributed by atoms with E-state index in [0.717, 1.165) is 10.2 Å². The predicted molar refractivity (Wildman–Crippen MR) is 63.4 cm³/mol. The number of thiocarbonyl (C=S) groups is 1. The van der Waals surface area contributed by atoms with Crippen LogP contribution in [0.4, 0.5) is 5.69 Å². The van der Waals surface area contributed by atoms with Gasteiger partial charge in [0.15, 0.2) is 5.11 Å². The van der Waals surface area contributed by atoms with Crippen molar-refractivity contribution in [2.24, 2.45) is 0 Å². The predicted octanol–water partition coefficient (Wildman–Crippen LogP) is 0.485. The van der Waals surface area contributed by atoms with E-state index in [1.54, 1.807) is 0 Å². The summed E-state index contributed by atoms with van der Waals surface area (Å²) < 4.78 is 0.850. The monoisotopic (exact) mass is 287 g/mol. The summed E-state index contributed by atoms with van der Waals surface area (Å²) in [5.41, 5.74) is 0.772. The molecule has 80 valence electrons. The molecule has 1 rings (SSSR count). The summed E-state index contributed by atoms with van der Waals surface area (Å²) in [5.74, 6) is -1.20. The minimum Gasteiger partial charge on any atom is -0.548 e. The second-order valence-electron chi connectivity index (χ2n) is 2.66. The fourth-order valence-corrected chi connectivity index (χ4v) is 1.45. The van der Waals surface area contributed by atoms with Crippen LogP contribution < -0.4 is 15.7 Å². The second-order valence-corrected chi connectivity index (χ2v) is 3.92. The maximum absolute atomic E-state index is 10.2. The van der Waals surface area contributed by atoms with Crippen molar-refractivity contribution in [3.05, 3.63) is 28.7 Å². The van der Waals surface area contributed by atoms with Crippen molar-refractivity contribution in [2.75, 3.05) is 11.9 Å². The number of anilines is 1. The largest absolute Gasteiger partial charge is 0.548 e. The summed E-state index contributed by atoms with van der Waals surface area (Å²) in [5, 5.41) is 15.7. The van der Waals surface area contributed by atoms with E-state index in [0.29, 0.717) is 0 Å². The number of aliphatic carboxylic acids is 1. The molecule has 0 unspecified atom stereocenters. The van der Waals surface area contributed by atoms with Crippen LogP contribution in [0.25, 0.3) is 0 Å². The van der Waals surface area contributed by atoms with Crippen LogP contribution in [-0.4, -0.2) is 17.6 Å². The van der Waals surface area contributed by atoms with E-state index in [9.17, 15) is 9.90 Å². The molecule has 0 aliphatic carbocycles. The van der Waals surface area contributed by atoms with E-state index >= 15 is 0 Å². The lowest BCUT2D eigenvalue weighted by Gasteiger charge is -2.11. The molecule has 0 saturated carbocycles. The average molecular weight is 288 g/mol. The lowest BCUT2D eigenvalue weighted by Crippen LogP contribution is -2.39. The van der Waals surface area contributed by atoms with Crippen LogP contribution in [0.2, 0.25) is 0 Å². The van der Waals surface area contributed by atoms with Gasteiger partial charge in [-0.15, -0.1) is 0 Å². The van der Waals surface area contributed by atoms with Crippen LogP contribution in [0.3, 0.4) is 0 Å². The zero-order valence-corrected chi connectivity index (χ0v) is 10.0. The number of rotatable bonds is 3. The van der Waals surface area contributed by atoms with Crippen molar-refractivity contribution in [3.63, 3.8) is 0 Å². The average Bonchev–Trinajstić information content (AvgIpc) is 2.18. The Hall–Kier alpha value is -1.14. The summed E-state index contributed by atoms with van der Waals surface area (Å²) in [7, 11) is 0. The summed E-state index contributed by atoms with van der Waals surface area (Å²) in [6.45, 7) is -0.309. The number of carboxylic acid groups (broad SMARTS) is 1. The molecule has 0 radical (unpaired) electrons. The SMILES string of the molecule is O=C([O-])CNC(=S)Nc1ccccc1Br. The molecule has 0 aliphatic rings. The molecule has 0 bridgehead atoms. The molecule has 0 heterocycles. The van der Waals surface area contributed by atoms with E-state index in [1.807, 2.05) is 24.3 Å². The van der Waals surface area contributed by atoms with E-state index in [-0.39, 0.29) is 11.7 Å². The van der Waals surface area contributed by atoms with Gasteiger partial charge in [-0.2, -0.15) is 0 Å². The molecule has 0 amide bonds. The van der Waals surface area contributed by atoms with E-state index in [4.69, 9.17) is 12.2 Å². The molecule has 4 nitrogen and oxygen atoms in total. The minimum atomic E-state index is -1.20. The Bertz CT molecular complexity index is 384. The van der Waals surface area contributed by atoms with Gasteiger partial charge in [0.1, 0.15) is 0 Å². The van der Waals surface area contributed by atoms with Gasteiger partial charge < -0.3 is 20.5 Å². The minimum absolute atomic E-state index is 0.242. The molecule has 1 aromatic carbocycles. The highest BCUT2D eigenvalue weighted by molar-refractivity contribution is 9.10. The highest BCUT2D eigenvalue weighted by Gasteiger charge is 2.00. The first-order valence-electron chi connectivity index (χ1n) is 4.09. The van der Waals surface area contributed by atoms with Crippen LogP contribution in [0.5, 0.6) is 0 Å². The fourth-order valence-electron chi connectivity index (χ4n) is 0.882. The number of hydrogen-bond donors (Lipinski definition) is 2. The maximum Gasteiger partial charge on any atom is 0.171 e. The molecule has 6 heteroatoms. The number of para-hydroxylation sites is 1. The Morgan fingerprint density at radius 2 is 2.13 bits per heavy atom. The van der Waals surface area contributed by atoms with Crippen molar-refractivity contribution in [1.29, 1.82) is 0 Å². The van der Waals surface area contributed by atoms with Crippen molar-refractivity contribution in [1.82, 2.24) is 5.32 Å². The van der Waals surface area contributed by atoms with Crippen LogP contribution in [-0.2, 0) is 4.79 Å². The van der Waals surface area contributed by atoms with Gasteiger partial charge in [-0.3, -0.25) is 0 Å². The molecule has 0 saturated heterocycles. The first kappa shape index (κ1) is 11.9. The summed E-state index contributed by atoms with van der Waals surface area (Å²) >= 11 is 8.21. The fraction of sp³-hybridized carbons (Fsp3) is 0.111. The highest BCUT2D eigenvalue weighted by atomic mass is 79.9. The van der Waals surface area contributed by atoms with Gasteiger partial charge in [0, 0.05) is 4.47 Å².